The van der Waals surface area contributed by atoms with Crippen molar-refractivity contribution in [3.05, 3.63) is 22.8 Å². The molecular weight excluding hydrogens is 320 g/mol. The standard InChI is InChI=1S/C20H28O5/c1-6-11(2)17(21)25-16-15-13(4)18(22)24-14(15)10-20(23)9-7-8-12(3)19(16,20)5/h6,12,14,16,23H,7-10H2,1-5H3. The van der Waals surface area contributed by atoms with E-state index < -0.39 is 29.2 Å². The molecule has 0 saturated heterocycles. The predicted molar refractivity (Wildman–Crippen MR) is 92.6 cm³/mol. The first-order valence-electron chi connectivity index (χ1n) is 9.13. The number of rotatable bonds is 2. The molecule has 5 heteroatoms. The average Bonchev–Trinajstić information content (AvgIpc) is 2.83. The first kappa shape index (κ1) is 18.2. The molecule has 5 unspecified atom stereocenters. The van der Waals surface area contributed by atoms with Crippen LogP contribution in [0, 0.1) is 11.3 Å². The number of aliphatic hydroxyl groups is 1. The van der Waals surface area contributed by atoms with Crippen molar-refractivity contribution in [3.63, 3.8) is 0 Å². The number of carbonyl (C=O) groups excluding carboxylic acids is 2. The van der Waals surface area contributed by atoms with E-state index in [1.165, 1.54) is 0 Å². The summed E-state index contributed by atoms with van der Waals surface area (Å²) in [6, 6.07) is 0. The molecule has 5 nitrogen and oxygen atoms in total. The molecule has 3 aliphatic rings. The molecule has 1 heterocycles. The minimum atomic E-state index is -1.02. The molecule has 2 aliphatic carbocycles. The molecule has 1 N–H and O–H groups in total. The quantitative estimate of drug-likeness (QED) is 0.613. The van der Waals surface area contributed by atoms with Crippen LogP contribution in [0.2, 0.25) is 0 Å². The van der Waals surface area contributed by atoms with Crippen molar-refractivity contribution < 1.29 is 24.2 Å². The lowest BCUT2D eigenvalue weighted by Crippen LogP contribution is -2.65. The van der Waals surface area contributed by atoms with Crippen LogP contribution in [0.25, 0.3) is 0 Å². The van der Waals surface area contributed by atoms with E-state index in [2.05, 4.69) is 6.92 Å². The van der Waals surface area contributed by atoms with Gasteiger partial charge in [0.1, 0.15) is 12.2 Å². The highest BCUT2D eigenvalue weighted by Gasteiger charge is 2.65. The molecular formula is C20H28O5. The fraction of sp³-hybridized carbons (Fsp3) is 0.700. The van der Waals surface area contributed by atoms with Gasteiger partial charge in [-0.2, -0.15) is 0 Å². The molecule has 0 bridgehead atoms. The summed E-state index contributed by atoms with van der Waals surface area (Å²) in [5.41, 5.74) is 0.112. The van der Waals surface area contributed by atoms with E-state index in [1.807, 2.05) is 6.92 Å². The van der Waals surface area contributed by atoms with Crippen molar-refractivity contribution in [2.24, 2.45) is 11.3 Å². The van der Waals surface area contributed by atoms with E-state index in [0.717, 1.165) is 18.4 Å². The Hall–Kier alpha value is -1.62. The zero-order chi connectivity index (χ0) is 18.6. The second-order valence-electron chi connectivity index (χ2n) is 8.04. The highest BCUT2D eigenvalue weighted by Crippen LogP contribution is 2.59. The molecule has 2 saturated carbocycles. The van der Waals surface area contributed by atoms with Gasteiger partial charge in [-0.3, -0.25) is 0 Å². The van der Waals surface area contributed by atoms with Gasteiger partial charge in [0.05, 0.1) is 5.60 Å². The Morgan fingerprint density at radius 3 is 2.76 bits per heavy atom. The zero-order valence-corrected chi connectivity index (χ0v) is 15.7. The third kappa shape index (κ3) is 2.47. The van der Waals surface area contributed by atoms with Crippen molar-refractivity contribution in [2.75, 3.05) is 0 Å². The van der Waals surface area contributed by atoms with Gasteiger partial charge in [-0.25, -0.2) is 9.59 Å². The highest BCUT2D eigenvalue weighted by molar-refractivity contribution is 5.93. The van der Waals surface area contributed by atoms with Gasteiger partial charge in [-0.15, -0.1) is 0 Å². The molecule has 25 heavy (non-hydrogen) atoms. The summed E-state index contributed by atoms with van der Waals surface area (Å²) in [7, 11) is 0. The van der Waals surface area contributed by atoms with E-state index in [1.54, 1.807) is 26.8 Å². The van der Waals surface area contributed by atoms with Crippen LogP contribution in [0.15, 0.2) is 22.8 Å². The van der Waals surface area contributed by atoms with Crippen molar-refractivity contribution in [2.45, 2.75) is 78.1 Å². The molecule has 0 spiro atoms. The lowest BCUT2D eigenvalue weighted by atomic mass is 9.50. The minimum Gasteiger partial charge on any atom is -0.454 e. The summed E-state index contributed by atoms with van der Waals surface area (Å²) in [6.07, 6.45) is 3.44. The minimum absolute atomic E-state index is 0.159. The van der Waals surface area contributed by atoms with Gasteiger partial charge >= 0.3 is 11.9 Å². The second kappa shape index (κ2) is 5.97. The van der Waals surface area contributed by atoms with Gasteiger partial charge in [-0.05, 0) is 39.5 Å². The van der Waals surface area contributed by atoms with E-state index in [9.17, 15) is 14.7 Å². The molecule has 0 radical (unpaired) electrons. The molecule has 3 rings (SSSR count). The Labute approximate surface area is 149 Å². The van der Waals surface area contributed by atoms with Crippen LogP contribution in [0.4, 0.5) is 0 Å². The molecule has 5 atom stereocenters. The first-order chi connectivity index (χ1) is 11.7. The summed E-state index contributed by atoms with van der Waals surface area (Å²) >= 11 is 0. The molecule has 0 aromatic carbocycles. The Balaban J connectivity index is 2.12. The van der Waals surface area contributed by atoms with Crippen LogP contribution >= 0.6 is 0 Å². The monoisotopic (exact) mass is 348 g/mol. The lowest BCUT2D eigenvalue weighted by molar-refractivity contribution is -0.217. The first-order valence-corrected chi connectivity index (χ1v) is 9.13. The third-order valence-electron chi connectivity index (χ3n) is 6.92. The smallest absolute Gasteiger partial charge is 0.334 e. The molecule has 1 aliphatic heterocycles. The number of allylic oxidation sites excluding steroid dienone is 1. The van der Waals surface area contributed by atoms with Crippen molar-refractivity contribution >= 4 is 11.9 Å². The summed E-state index contributed by atoms with van der Waals surface area (Å²) in [4.78, 5) is 24.7. The topological polar surface area (TPSA) is 72.8 Å². The van der Waals surface area contributed by atoms with Crippen LogP contribution in [-0.2, 0) is 19.1 Å². The Bertz CT molecular complexity index is 676. The second-order valence-corrected chi connectivity index (χ2v) is 8.04. The van der Waals surface area contributed by atoms with Crippen LogP contribution < -0.4 is 0 Å². The van der Waals surface area contributed by atoms with Crippen molar-refractivity contribution in [1.82, 2.24) is 0 Å². The highest BCUT2D eigenvalue weighted by atomic mass is 16.6. The molecule has 0 aromatic rings. The van der Waals surface area contributed by atoms with Crippen LogP contribution in [0.5, 0.6) is 0 Å². The number of esters is 2. The molecule has 0 aromatic heterocycles. The number of hydrogen-bond acceptors (Lipinski definition) is 5. The SMILES string of the molecule is CC=C(C)C(=O)OC1C2=C(C)C(=O)OC2CC2(O)CCCC(C)C12C. The number of ether oxygens (including phenoxy) is 2. The molecule has 138 valence electrons. The van der Waals surface area contributed by atoms with E-state index in [4.69, 9.17) is 9.47 Å². The predicted octanol–water partition coefficient (Wildman–Crippen LogP) is 3.07. The number of carbonyl (C=O) groups is 2. The van der Waals surface area contributed by atoms with Crippen molar-refractivity contribution in [3.8, 4) is 0 Å². The maximum atomic E-state index is 12.5. The third-order valence-corrected chi connectivity index (χ3v) is 6.92. The van der Waals surface area contributed by atoms with E-state index in [0.29, 0.717) is 24.0 Å². The molecule has 0 amide bonds. The summed E-state index contributed by atoms with van der Waals surface area (Å²) in [6.45, 7) is 9.32. The van der Waals surface area contributed by atoms with E-state index in [-0.39, 0.29) is 11.9 Å². The van der Waals surface area contributed by atoms with Gasteiger partial charge in [0.2, 0.25) is 0 Å². The van der Waals surface area contributed by atoms with E-state index >= 15 is 0 Å². The summed E-state index contributed by atoms with van der Waals surface area (Å²) in [5, 5.41) is 11.5. The van der Waals surface area contributed by atoms with Gasteiger partial charge in [0, 0.05) is 28.6 Å². The fourth-order valence-electron chi connectivity index (χ4n) is 4.84. The van der Waals surface area contributed by atoms with Gasteiger partial charge in [0.25, 0.3) is 0 Å². The Morgan fingerprint density at radius 1 is 1.44 bits per heavy atom. The molecule has 2 fully saturated rings. The van der Waals surface area contributed by atoms with Crippen LogP contribution in [0.3, 0.4) is 0 Å². The lowest BCUT2D eigenvalue weighted by Gasteiger charge is -2.59. The zero-order valence-electron chi connectivity index (χ0n) is 15.7. The summed E-state index contributed by atoms with van der Waals surface area (Å²) < 4.78 is 11.4. The average molecular weight is 348 g/mol. The number of fused-ring (bicyclic) bond motifs is 2. The maximum absolute atomic E-state index is 12.5. The number of hydrogen-bond donors (Lipinski definition) is 1. The van der Waals surface area contributed by atoms with Crippen LogP contribution in [0.1, 0.15) is 60.3 Å². The summed E-state index contributed by atoms with van der Waals surface area (Å²) in [5.74, 6) is -0.622. The normalized spacial score (nSPS) is 41.1. The van der Waals surface area contributed by atoms with Gasteiger partial charge in [0.15, 0.2) is 0 Å². The van der Waals surface area contributed by atoms with Gasteiger partial charge < -0.3 is 14.6 Å². The van der Waals surface area contributed by atoms with Crippen LogP contribution in [-0.4, -0.2) is 34.9 Å². The Morgan fingerprint density at radius 2 is 2.12 bits per heavy atom. The Kier molecular flexibility index (Phi) is 4.34. The maximum Gasteiger partial charge on any atom is 0.334 e. The van der Waals surface area contributed by atoms with Gasteiger partial charge in [-0.1, -0.05) is 26.3 Å². The fourth-order valence-corrected chi connectivity index (χ4v) is 4.84. The largest absolute Gasteiger partial charge is 0.454 e. The van der Waals surface area contributed by atoms with Crippen molar-refractivity contribution in [1.29, 1.82) is 0 Å².